The lowest BCUT2D eigenvalue weighted by molar-refractivity contribution is -0.118. The Bertz CT molecular complexity index is 1310. The van der Waals surface area contributed by atoms with E-state index < -0.39 is 0 Å². The molecule has 1 aromatic heterocycles. The van der Waals surface area contributed by atoms with Crippen LogP contribution in [-0.2, 0) is 4.79 Å². The van der Waals surface area contributed by atoms with Crippen molar-refractivity contribution < 1.29 is 13.9 Å². The van der Waals surface area contributed by atoms with Crippen LogP contribution >= 0.6 is 11.6 Å². The molecule has 0 aliphatic heterocycles. The van der Waals surface area contributed by atoms with Gasteiger partial charge in [-0.3, -0.25) is 9.59 Å². The van der Waals surface area contributed by atoms with Gasteiger partial charge in [-0.05, 0) is 62.4 Å². The zero-order valence-corrected chi connectivity index (χ0v) is 17.8. The summed E-state index contributed by atoms with van der Waals surface area (Å²) >= 11 is 6.00. The van der Waals surface area contributed by atoms with Crippen molar-refractivity contribution in [3.8, 4) is 17.1 Å². The zero-order chi connectivity index (χ0) is 22.0. The van der Waals surface area contributed by atoms with Gasteiger partial charge in [-0.25, -0.2) is 0 Å². The first kappa shape index (κ1) is 20.7. The summed E-state index contributed by atoms with van der Waals surface area (Å²) in [5.41, 5.74) is 3.39. The van der Waals surface area contributed by atoms with E-state index in [-0.39, 0.29) is 29.5 Å². The second-order valence-electron chi connectivity index (χ2n) is 7.30. The van der Waals surface area contributed by atoms with Crippen molar-refractivity contribution in [1.29, 1.82) is 0 Å². The lowest BCUT2D eigenvalue weighted by Gasteiger charge is -2.12. The van der Waals surface area contributed by atoms with E-state index in [1.54, 1.807) is 48.5 Å². The Morgan fingerprint density at radius 1 is 0.968 bits per heavy atom. The SMILES string of the molecule is Cc1ccc(NC(=O)COc2c(-c3ccc(Cl)cc3)oc3ccc(C)cc3c2=O)cc1. The van der Waals surface area contributed by atoms with Gasteiger partial charge in [-0.15, -0.1) is 0 Å². The summed E-state index contributed by atoms with van der Waals surface area (Å²) in [7, 11) is 0. The number of anilines is 1. The molecule has 0 spiro atoms. The second kappa shape index (κ2) is 8.66. The van der Waals surface area contributed by atoms with Gasteiger partial charge >= 0.3 is 0 Å². The Morgan fingerprint density at radius 3 is 2.35 bits per heavy atom. The summed E-state index contributed by atoms with van der Waals surface area (Å²) in [6.07, 6.45) is 0. The number of aryl methyl sites for hydroxylation is 2. The highest BCUT2D eigenvalue weighted by Crippen LogP contribution is 2.32. The van der Waals surface area contributed by atoms with Crippen molar-refractivity contribution >= 4 is 34.2 Å². The van der Waals surface area contributed by atoms with Crippen molar-refractivity contribution in [2.75, 3.05) is 11.9 Å². The van der Waals surface area contributed by atoms with Gasteiger partial charge in [0.25, 0.3) is 5.91 Å². The average Bonchev–Trinajstić information content (AvgIpc) is 2.75. The van der Waals surface area contributed by atoms with Crippen molar-refractivity contribution in [2.24, 2.45) is 0 Å². The quantitative estimate of drug-likeness (QED) is 0.435. The zero-order valence-electron chi connectivity index (χ0n) is 17.1. The molecule has 1 heterocycles. The van der Waals surface area contributed by atoms with Gasteiger partial charge < -0.3 is 14.5 Å². The Kier molecular flexibility index (Phi) is 5.78. The van der Waals surface area contributed by atoms with Gasteiger partial charge in [0.1, 0.15) is 5.58 Å². The molecule has 0 fully saturated rings. The van der Waals surface area contributed by atoms with Crippen LogP contribution in [0, 0.1) is 13.8 Å². The Morgan fingerprint density at radius 2 is 1.65 bits per heavy atom. The summed E-state index contributed by atoms with van der Waals surface area (Å²) in [5.74, 6) is -0.143. The number of hydrogen-bond donors (Lipinski definition) is 1. The minimum atomic E-state index is -0.380. The van der Waals surface area contributed by atoms with E-state index in [2.05, 4.69) is 5.32 Å². The minimum Gasteiger partial charge on any atom is -0.476 e. The van der Waals surface area contributed by atoms with Crippen LogP contribution in [0.3, 0.4) is 0 Å². The molecule has 0 radical (unpaired) electrons. The van der Waals surface area contributed by atoms with Gasteiger partial charge in [0.15, 0.2) is 12.4 Å². The molecule has 4 aromatic rings. The predicted molar refractivity (Wildman–Crippen MR) is 123 cm³/mol. The highest BCUT2D eigenvalue weighted by molar-refractivity contribution is 6.30. The summed E-state index contributed by atoms with van der Waals surface area (Å²) in [4.78, 5) is 25.6. The molecule has 0 saturated heterocycles. The summed E-state index contributed by atoms with van der Waals surface area (Å²) < 4.78 is 11.7. The third kappa shape index (κ3) is 4.62. The Labute approximate surface area is 184 Å². The van der Waals surface area contributed by atoms with E-state index in [4.69, 9.17) is 20.8 Å². The molecule has 0 unspecified atom stereocenters. The van der Waals surface area contributed by atoms with Crippen molar-refractivity contribution in [2.45, 2.75) is 13.8 Å². The standard InChI is InChI=1S/C25H20ClNO4/c1-15-3-10-19(11-4-15)27-22(28)14-30-25-23(29)20-13-16(2)5-12-21(20)31-24(25)17-6-8-18(26)9-7-17/h3-13H,14H2,1-2H3,(H,27,28). The Balaban J connectivity index is 1.69. The number of fused-ring (bicyclic) bond motifs is 1. The third-order valence-corrected chi connectivity index (χ3v) is 5.05. The maximum Gasteiger partial charge on any atom is 0.262 e. The molecule has 1 amide bonds. The number of ether oxygens (including phenoxy) is 1. The summed E-state index contributed by atoms with van der Waals surface area (Å²) in [6.45, 7) is 3.52. The van der Waals surface area contributed by atoms with Crippen LogP contribution in [0.25, 0.3) is 22.3 Å². The van der Waals surface area contributed by atoms with Crippen molar-refractivity contribution in [3.05, 3.63) is 93.1 Å². The third-order valence-electron chi connectivity index (χ3n) is 4.79. The fraction of sp³-hybridized carbons (Fsp3) is 0.120. The van der Waals surface area contributed by atoms with Crippen molar-refractivity contribution in [1.82, 2.24) is 0 Å². The monoisotopic (exact) mass is 433 g/mol. The second-order valence-corrected chi connectivity index (χ2v) is 7.74. The molecular formula is C25H20ClNO4. The van der Waals surface area contributed by atoms with Crippen LogP contribution in [0.1, 0.15) is 11.1 Å². The molecule has 0 bridgehead atoms. The van der Waals surface area contributed by atoms with E-state index in [1.807, 2.05) is 32.0 Å². The van der Waals surface area contributed by atoms with Crippen LogP contribution in [-0.4, -0.2) is 12.5 Å². The normalized spacial score (nSPS) is 10.8. The molecule has 31 heavy (non-hydrogen) atoms. The van der Waals surface area contributed by atoms with Crippen LogP contribution in [0.4, 0.5) is 5.69 Å². The van der Waals surface area contributed by atoms with Gasteiger partial charge in [0.05, 0.1) is 5.39 Å². The van der Waals surface area contributed by atoms with Crippen molar-refractivity contribution in [3.63, 3.8) is 0 Å². The summed E-state index contributed by atoms with van der Waals surface area (Å²) in [5, 5.41) is 3.71. The van der Waals surface area contributed by atoms with Gasteiger partial charge in [-0.1, -0.05) is 40.9 Å². The van der Waals surface area contributed by atoms with Gasteiger partial charge in [0.2, 0.25) is 11.2 Å². The highest BCUT2D eigenvalue weighted by Gasteiger charge is 2.19. The maximum absolute atomic E-state index is 13.2. The van der Waals surface area contributed by atoms with E-state index in [0.29, 0.717) is 27.2 Å². The lowest BCUT2D eigenvalue weighted by Crippen LogP contribution is -2.22. The van der Waals surface area contributed by atoms with E-state index in [0.717, 1.165) is 11.1 Å². The highest BCUT2D eigenvalue weighted by atomic mass is 35.5. The number of halogens is 1. The molecule has 0 aliphatic rings. The Hall–Kier alpha value is -3.57. The molecule has 4 rings (SSSR count). The number of amides is 1. The molecule has 5 nitrogen and oxygen atoms in total. The largest absolute Gasteiger partial charge is 0.476 e. The smallest absolute Gasteiger partial charge is 0.262 e. The minimum absolute atomic E-state index is 0.0144. The summed E-state index contributed by atoms with van der Waals surface area (Å²) in [6, 6.07) is 19.6. The lowest BCUT2D eigenvalue weighted by atomic mass is 10.1. The first-order valence-corrected chi connectivity index (χ1v) is 10.1. The predicted octanol–water partition coefficient (Wildman–Crippen LogP) is 5.75. The number of carbonyl (C=O) groups is 1. The number of hydrogen-bond acceptors (Lipinski definition) is 4. The van der Waals surface area contributed by atoms with E-state index in [1.165, 1.54) is 0 Å². The van der Waals surface area contributed by atoms with Gasteiger partial charge in [0, 0.05) is 16.3 Å². The average molecular weight is 434 g/mol. The molecule has 0 atom stereocenters. The van der Waals surface area contributed by atoms with E-state index in [9.17, 15) is 9.59 Å². The molecule has 6 heteroatoms. The first-order valence-electron chi connectivity index (χ1n) is 9.73. The van der Waals surface area contributed by atoms with Crippen LogP contribution < -0.4 is 15.5 Å². The molecule has 3 aromatic carbocycles. The fourth-order valence-corrected chi connectivity index (χ4v) is 3.31. The number of rotatable bonds is 5. The fourth-order valence-electron chi connectivity index (χ4n) is 3.19. The van der Waals surface area contributed by atoms with E-state index >= 15 is 0 Å². The number of benzene rings is 3. The van der Waals surface area contributed by atoms with Crippen LogP contribution in [0.15, 0.2) is 75.9 Å². The molecular weight excluding hydrogens is 414 g/mol. The molecule has 1 N–H and O–H groups in total. The molecule has 0 saturated carbocycles. The van der Waals surface area contributed by atoms with Crippen LogP contribution in [0.5, 0.6) is 5.75 Å². The van der Waals surface area contributed by atoms with Gasteiger partial charge in [-0.2, -0.15) is 0 Å². The molecule has 0 aliphatic carbocycles. The topological polar surface area (TPSA) is 68.5 Å². The number of carbonyl (C=O) groups excluding carboxylic acids is 1. The van der Waals surface area contributed by atoms with Crippen LogP contribution in [0.2, 0.25) is 5.02 Å². The number of nitrogens with one attached hydrogen (secondary N) is 1. The first-order chi connectivity index (χ1) is 14.9. The maximum atomic E-state index is 13.2. The molecule has 156 valence electrons.